The number of carbonyl (C=O) groups is 1. The number of rotatable bonds is 6. The van der Waals surface area contributed by atoms with Crippen molar-refractivity contribution >= 4 is 17.3 Å². The van der Waals surface area contributed by atoms with Gasteiger partial charge < -0.3 is 20.5 Å². The number of hydrogen-bond donors (Lipinski definition) is 2. The second-order valence-corrected chi connectivity index (χ2v) is 3.94. The van der Waals surface area contributed by atoms with Gasteiger partial charge in [0.2, 0.25) is 0 Å². The van der Waals surface area contributed by atoms with Gasteiger partial charge in [-0.15, -0.1) is 0 Å². The van der Waals surface area contributed by atoms with Crippen LogP contribution in [0, 0.1) is 0 Å². The number of hydrogen-bond acceptors (Lipinski definition) is 4. The molecule has 8 heteroatoms. The molecule has 0 unspecified atom stereocenters. The number of ether oxygens (including phenoxy) is 1. The number of aliphatic hydroxyl groups is 1. The number of carbonyl (C=O) groups excluding carboxylic acids is 1. The third-order valence-electron chi connectivity index (χ3n) is 2.34. The van der Waals surface area contributed by atoms with Crippen LogP contribution < -0.4 is 10.6 Å². The highest BCUT2D eigenvalue weighted by Gasteiger charge is 2.28. The molecule has 3 N–H and O–H groups in total. The quantitative estimate of drug-likeness (QED) is 0.772. The van der Waals surface area contributed by atoms with Crippen LogP contribution in [0.2, 0.25) is 0 Å². The minimum atomic E-state index is -4.49. The van der Waals surface area contributed by atoms with Crippen LogP contribution in [0.25, 0.3) is 0 Å². The molecule has 20 heavy (non-hydrogen) atoms. The Kier molecular flexibility index (Phi) is 5.78. The molecule has 1 rings (SSSR count). The van der Waals surface area contributed by atoms with E-state index in [2.05, 4.69) is 4.74 Å². The lowest BCUT2D eigenvalue weighted by atomic mass is 10.2. The third-order valence-corrected chi connectivity index (χ3v) is 2.34. The first-order chi connectivity index (χ1) is 9.35. The van der Waals surface area contributed by atoms with E-state index >= 15 is 0 Å². The molecular weight excluding hydrogens is 277 g/mol. The highest BCUT2D eigenvalue weighted by atomic mass is 19.4. The molecule has 0 aromatic heterocycles. The van der Waals surface area contributed by atoms with E-state index in [1.807, 2.05) is 0 Å². The molecule has 0 heterocycles. The molecule has 1 amide bonds. The first-order valence-corrected chi connectivity index (χ1v) is 5.75. The topological polar surface area (TPSA) is 75.8 Å². The van der Waals surface area contributed by atoms with E-state index in [1.165, 1.54) is 6.07 Å². The second kappa shape index (κ2) is 7.11. The predicted octanol–water partition coefficient (Wildman–Crippen LogP) is 1.17. The normalized spacial score (nSPS) is 11.4. The van der Waals surface area contributed by atoms with Crippen molar-refractivity contribution in [3.8, 4) is 0 Å². The second-order valence-electron chi connectivity index (χ2n) is 3.94. The molecule has 0 aliphatic carbocycles. The molecule has 1 aromatic rings. The van der Waals surface area contributed by atoms with E-state index in [0.717, 1.165) is 4.90 Å². The van der Waals surface area contributed by atoms with E-state index in [9.17, 15) is 18.0 Å². The van der Waals surface area contributed by atoms with Crippen molar-refractivity contribution in [3.05, 3.63) is 24.3 Å². The summed E-state index contributed by atoms with van der Waals surface area (Å²) in [5.41, 5.74) is 6.30. The monoisotopic (exact) mass is 292 g/mol. The van der Waals surface area contributed by atoms with Crippen molar-refractivity contribution in [1.82, 2.24) is 0 Å². The fourth-order valence-electron chi connectivity index (χ4n) is 1.54. The van der Waals surface area contributed by atoms with E-state index < -0.39 is 25.3 Å². The minimum Gasteiger partial charge on any atom is -0.397 e. The van der Waals surface area contributed by atoms with Gasteiger partial charge in [0, 0.05) is 6.54 Å². The van der Waals surface area contributed by atoms with Crippen LogP contribution in [0.3, 0.4) is 0 Å². The van der Waals surface area contributed by atoms with Gasteiger partial charge in [0.05, 0.1) is 18.0 Å². The highest BCUT2D eigenvalue weighted by molar-refractivity contribution is 5.97. The fourth-order valence-corrected chi connectivity index (χ4v) is 1.54. The average Bonchev–Trinajstić information content (AvgIpc) is 2.35. The fraction of sp³-hybridized carbons (Fsp3) is 0.417. The zero-order valence-corrected chi connectivity index (χ0v) is 10.6. The van der Waals surface area contributed by atoms with Gasteiger partial charge in [-0.1, -0.05) is 12.1 Å². The predicted molar refractivity (Wildman–Crippen MR) is 67.2 cm³/mol. The van der Waals surface area contributed by atoms with Gasteiger partial charge in [-0.25, -0.2) is 0 Å². The summed E-state index contributed by atoms with van der Waals surface area (Å²) in [5, 5.41) is 8.94. The van der Waals surface area contributed by atoms with Gasteiger partial charge in [-0.3, -0.25) is 4.79 Å². The maximum absolute atomic E-state index is 11.9. The van der Waals surface area contributed by atoms with Gasteiger partial charge in [0.1, 0.15) is 13.2 Å². The lowest BCUT2D eigenvalue weighted by Gasteiger charge is -2.23. The molecule has 0 saturated carbocycles. The van der Waals surface area contributed by atoms with Gasteiger partial charge in [-0.2, -0.15) is 13.2 Å². The number of anilines is 2. The number of halogens is 3. The standard InChI is InChI=1S/C12H15F3N2O3/c13-12(14,15)8-20-7-11(19)17(5-6-18)10-4-2-1-3-9(10)16/h1-4,18H,5-8,16H2. The summed E-state index contributed by atoms with van der Waals surface area (Å²) in [6.45, 7) is -2.68. The Morgan fingerprint density at radius 3 is 2.55 bits per heavy atom. The molecular formula is C12H15F3N2O3. The SMILES string of the molecule is Nc1ccccc1N(CCO)C(=O)COCC(F)(F)F. The lowest BCUT2D eigenvalue weighted by Crippen LogP contribution is -2.37. The highest BCUT2D eigenvalue weighted by Crippen LogP contribution is 2.22. The molecule has 0 atom stereocenters. The van der Waals surface area contributed by atoms with Gasteiger partial charge >= 0.3 is 6.18 Å². The summed E-state index contributed by atoms with van der Waals surface area (Å²) in [4.78, 5) is 12.9. The summed E-state index contributed by atoms with van der Waals surface area (Å²) >= 11 is 0. The van der Waals surface area contributed by atoms with E-state index in [4.69, 9.17) is 10.8 Å². The number of alkyl halides is 3. The Morgan fingerprint density at radius 1 is 1.35 bits per heavy atom. The zero-order valence-electron chi connectivity index (χ0n) is 10.6. The molecule has 0 bridgehead atoms. The third kappa shape index (κ3) is 5.06. The summed E-state index contributed by atoms with van der Waals surface area (Å²) in [6.07, 6.45) is -4.49. The van der Waals surface area contributed by atoms with Crippen molar-refractivity contribution in [3.63, 3.8) is 0 Å². The zero-order chi connectivity index (χ0) is 15.2. The van der Waals surface area contributed by atoms with Crippen molar-refractivity contribution in [2.45, 2.75) is 6.18 Å². The minimum absolute atomic E-state index is 0.0809. The largest absolute Gasteiger partial charge is 0.411 e. The van der Waals surface area contributed by atoms with Crippen LogP contribution in [-0.2, 0) is 9.53 Å². The summed E-state index contributed by atoms with van der Waals surface area (Å²) in [5.74, 6) is -0.707. The van der Waals surface area contributed by atoms with Crippen molar-refractivity contribution in [2.75, 3.05) is 37.0 Å². The molecule has 0 aliphatic rings. The van der Waals surface area contributed by atoms with Gasteiger partial charge in [-0.05, 0) is 12.1 Å². The van der Waals surface area contributed by atoms with Crippen molar-refractivity contribution in [1.29, 1.82) is 0 Å². The number of nitrogens with zero attached hydrogens (tertiary/aromatic N) is 1. The number of para-hydroxylation sites is 2. The maximum Gasteiger partial charge on any atom is 0.411 e. The van der Waals surface area contributed by atoms with Crippen LogP contribution in [0.15, 0.2) is 24.3 Å². The summed E-state index contributed by atoms with van der Waals surface area (Å²) in [6, 6.07) is 6.36. The van der Waals surface area contributed by atoms with Gasteiger partial charge in [0.25, 0.3) is 5.91 Å². The smallest absolute Gasteiger partial charge is 0.397 e. The molecule has 112 valence electrons. The molecule has 0 spiro atoms. The Bertz CT molecular complexity index is 452. The van der Waals surface area contributed by atoms with E-state index in [-0.39, 0.29) is 18.8 Å². The molecule has 0 radical (unpaired) electrons. The van der Waals surface area contributed by atoms with Crippen LogP contribution in [0.5, 0.6) is 0 Å². The van der Waals surface area contributed by atoms with Crippen molar-refractivity contribution in [2.24, 2.45) is 0 Å². The summed E-state index contributed by atoms with van der Waals surface area (Å²) < 4.78 is 40.1. The number of nitrogens with two attached hydrogens (primary N) is 1. The molecule has 0 aliphatic heterocycles. The van der Waals surface area contributed by atoms with Crippen LogP contribution in [-0.4, -0.2) is 43.6 Å². The average molecular weight is 292 g/mol. The first kappa shape index (κ1) is 16.3. The van der Waals surface area contributed by atoms with Crippen LogP contribution >= 0.6 is 0 Å². The molecule has 5 nitrogen and oxygen atoms in total. The summed E-state index contributed by atoms with van der Waals surface area (Å²) in [7, 11) is 0. The maximum atomic E-state index is 11.9. The Labute approximate surface area is 113 Å². The Morgan fingerprint density at radius 2 is 2.00 bits per heavy atom. The molecule has 1 aromatic carbocycles. The van der Waals surface area contributed by atoms with Crippen LogP contribution in [0.1, 0.15) is 0 Å². The first-order valence-electron chi connectivity index (χ1n) is 5.75. The van der Waals surface area contributed by atoms with Gasteiger partial charge in [0.15, 0.2) is 0 Å². The lowest BCUT2D eigenvalue weighted by molar-refractivity contribution is -0.175. The number of benzene rings is 1. The molecule has 0 saturated heterocycles. The van der Waals surface area contributed by atoms with E-state index in [1.54, 1.807) is 18.2 Å². The molecule has 0 fully saturated rings. The number of nitrogen functional groups attached to an aromatic ring is 1. The number of aliphatic hydroxyl groups excluding tert-OH is 1. The Hall–Kier alpha value is -1.80. The van der Waals surface area contributed by atoms with E-state index in [0.29, 0.717) is 5.69 Å². The van der Waals surface area contributed by atoms with Crippen LogP contribution in [0.4, 0.5) is 24.5 Å². The van der Waals surface area contributed by atoms with Crippen molar-refractivity contribution < 1.29 is 27.8 Å². The Balaban J connectivity index is 2.71. The number of amides is 1.